The average molecular weight is 316 g/mol. The first-order valence-corrected chi connectivity index (χ1v) is 8.09. The van der Waals surface area contributed by atoms with Gasteiger partial charge in [-0.2, -0.15) is 0 Å². The number of rotatable bonds is 6. The number of aryl methyl sites for hydroxylation is 2. The van der Waals surface area contributed by atoms with Crippen molar-refractivity contribution in [2.24, 2.45) is 0 Å². The summed E-state index contributed by atoms with van der Waals surface area (Å²) in [6, 6.07) is 16.1. The van der Waals surface area contributed by atoms with Crippen molar-refractivity contribution in [3.8, 4) is 0 Å². The molecule has 2 nitrogen and oxygen atoms in total. The van der Waals surface area contributed by atoms with E-state index in [0.717, 1.165) is 22.6 Å². The van der Waals surface area contributed by atoms with Crippen LogP contribution < -0.4 is 5.32 Å². The topological polar surface area (TPSA) is 29.1 Å². The van der Waals surface area contributed by atoms with Crippen molar-refractivity contribution in [2.45, 2.75) is 39.2 Å². The van der Waals surface area contributed by atoms with Gasteiger partial charge in [-0.3, -0.25) is 4.79 Å². The quantitative estimate of drug-likeness (QED) is 0.821. The van der Waals surface area contributed by atoms with E-state index in [-0.39, 0.29) is 11.9 Å². The molecule has 0 saturated carbocycles. The van der Waals surface area contributed by atoms with Gasteiger partial charge in [-0.05, 0) is 42.5 Å². The zero-order valence-corrected chi connectivity index (χ0v) is 13.9. The SMILES string of the molecule is CCc1ccc(C(C)NC(=O)CCc2ccccc2Cl)cc1. The molecule has 0 fully saturated rings. The van der Waals surface area contributed by atoms with Crippen LogP contribution in [0.3, 0.4) is 0 Å². The Morgan fingerprint density at radius 1 is 1.14 bits per heavy atom. The molecule has 22 heavy (non-hydrogen) atoms. The van der Waals surface area contributed by atoms with Crippen molar-refractivity contribution in [1.29, 1.82) is 0 Å². The van der Waals surface area contributed by atoms with Crippen LogP contribution in [0.2, 0.25) is 5.02 Å². The predicted octanol–water partition coefficient (Wildman–Crippen LogP) is 4.71. The van der Waals surface area contributed by atoms with Gasteiger partial charge < -0.3 is 5.32 Å². The van der Waals surface area contributed by atoms with Gasteiger partial charge in [-0.15, -0.1) is 0 Å². The Balaban J connectivity index is 1.87. The van der Waals surface area contributed by atoms with Crippen molar-refractivity contribution in [3.05, 3.63) is 70.2 Å². The number of amides is 1. The normalized spacial score (nSPS) is 12.0. The number of carbonyl (C=O) groups excluding carboxylic acids is 1. The fourth-order valence-corrected chi connectivity index (χ4v) is 2.62. The number of halogens is 1. The van der Waals surface area contributed by atoms with E-state index < -0.39 is 0 Å². The van der Waals surface area contributed by atoms with Crippen LogP contribution in [0.15, 0.2) is 48.5 Å². The summed E-state index contributed by atoms with van der Waals surface area (Å²) in [6.07, 6.45) is 2.13. The molecule has 0 radical (unpaired) electrons. The van der Waals surface area contributed by atoms with Crippen molar-refractivity contribution >= 4 is 17.5 Å². The molecule has 1 unspecified atom stereocenters. The van der Waals surface area contributed by atoms with Crippen LogP contribution in [0.5, 0.6) is 0 Å². The molecule has 0 spiro atoms. The molecule has 1 N–H and O–H groups in total. The van der Waals surface area contributed by atoms with E-state index in [4.69, 9.17) is 11.6 Å². The summed E-state index contributed by atoms with van der Waals surface area (Å²) in [6.45, 7) is 4.14. The van der Waals surface area contributed by atoms with Crippen LogP contribution in [-0.4, -0.2) is 5.91 Å². The summed E-state index contributed by atoms with van der Waals surface area (Å²) in [5.41, 5.74) is 3.45. The van der Waals surface area contributed by atoms with Gasteiger partial charge in [0.1, 0.15) is 0 Å². The third-order valence-electron chi connectivity index (χ3n) is 3.84. The Morgan fingerprint density at radius 3 is 2.45 bits per heavy atom. The van der Waals surface area contributed by atoms with Crippen molar-refractivity contribution in [3.63, 3.8) is 0 Å². The first kappa shape index (κ1) is 16.6. The maximum Gasteiger partial charge on any atom is 0.220 e. The maximum absolute atomic E-state index is 12.1. The molecule has 1 atom stereocenters. The Kier molecular flexibility index (Phi) is 6.02. The minimum absolute atomic E-state index is 0.0182. The molecule has 0 saturated heterocycles. The van der Waals surface area contributed by atoms with Gasteiger partial charge in [0.25, 0.3) is 0 Å². The summed E-state index contributed by atoms with van der Waals surface area (Å²) in [5.74, 6) is 0.0481. The summed E-state index contributed by atoms with van der Waals surface area (Å²) in [5, 5.41) is 3.76. The van der Waals surface area contributed by atoms with E-state index in [0.29, 0.717) is 12.8 Å². The lowest BCUT2D eigenvalue weighted by molar-refractivity contribution is -0.121. The molecule has 0 aromatic heterocycles. The highest BCUT2D eigenvalue weighted by Gasteiger charge is 2.10. The smallest absolute Gasteiger partial charge is 0.220 e. The first-order chi connectivity index (χ1) is 10.6. The molecular formula is C19H22ClNO. The van der Waals surface area contributed by atoms with Gasteiger partial charge in [0.2, 0.25) is 5.91 Å². The highest BCUT2D eigenvalue weighted by molar-refractivity contribution is 6.31. The summed E-state index contributed by atoms with van der Waals surface area (Å²) < 4.78 is 0. The second-order valence-electron chi connectivity index (χ2n) is 5.48. The van der Waals surface area contributed by atoms with E-state index in [2.05, 4.69) is 36.5 Å². The molecule has 2 aromatic rings. The van der Waals surface area contributed by atoms with Gasteiger partial charge in [-0.25, -0.2) is 0 Å². The number of nitrogens with one attached hydrogen (secondary N) is 1. The number of hydrogen-bond donors (Lipinski definition) is 1. The summed E-state index contributed by atoms with van der Waals surface area (Å²) in [7, 11) is 0. The van der Waals surface area contributed by atoms with Crippen molar-refractivity contribution in [1.82, 2.24) is 5.32 Å². The monoisotopic (exact) mass is 315 g/mol. The van der Waals surface area contributed by atoms with E-state index in [1.54, 1.807) is 0 Å². The van der Waals surface area contributed by atoms with E-state index in [1.807, 2.05) is 31.2 Å². The van der Waals surface area contributed by atoms with Crippen molar-refractivity contribution in [2.75, 3.05) is 0 Å². The molecule has 1 amide bonds. The van der Waals surface area contributed by atoms with Gasteiger partial charge in [0.15, 0.2) is 0 Å². The lowest BCUT2D eigenvalue weighted by Gasteiger charge is -2.15. The highest BCUT2D eigenvalue weighted by atomic mass is 35.5. The van der Waals surface area contributed by atoms with Gasteiger partial charge in [0.05, 0.1) is 6.04 Å². The molecule has 3 heteroatoms. The molecule has 0 bridgehead atoms. The molecule has 116 valence electrons. The third kappa shape index (κ3) is 4.60. The fraction of sp³-hybridized carbons (Fsp3) is 0.316. The zero-order chi connectivity index (χ0) is 15.9. The molecule has 0 aliphatic heterocycles. The first-order valence-electron chi connectivity index (χ1n) is 7.71. The Labute approximate surface area is 137 Å². The fourth-order valence-electron chi connectivity index (χ4n) is 2.39. The number of hydrogen-bond acceptors (Lipinski definition) is 1. The molecule has 0 heterocycles. The second-order valence-corrected chi connectivity index (χ2v) is 5.88. The van der Waals surface area contributed by atoms with Crippen LogP contribution >= 0.6 is 11.6 Å². The zero-order valence-electron chi connectivity index (χ0n) is 13.1. The Hall–Kier alpha value is -1.80. The van der Waals surface area contributed by atoms with E-state index in [1.165, 1.54) is 5.56 Å². The van der Waals surface area contributed by atoms with Gasteiger partial charge >= 0.3 is 0 Å². The van der Waals surface area contributed by atoms with Gasteiger partial charge in [0, 0.05) is 11.4 Å². The lowest BCUT2D eigenvalue weighted by atomic mass is 10.0. The van der Waals surface area contributed by atoms with Crippen LogP contribution in [0.4, 0.5) is 0 Å². The standard InChI is InChI=1S/C19H22ClNO/c1-3-15-8-10-16(11-9-15)14(2)21-19(22)13-12-17-6-4-5-7-18(17)20/h4-11,14H,3,12-13H2,1-2H3,(H,21,22). The minimum Gasteiger partial charge on any atom is -0.350 e. The molecule has 2 aromatic carbocycles. The van der Waals surface area contributed by atoms with Gasteiger partial charge in [-0.1, -0.05) is 61.0 Å². The molecule has 2 rings (SSSR count). The van der Waals surface area contributed by atoms with Crippen LogP contribution in [0.25, 0.3) is 0 Å². The Bertz CT molecular complexity index is 622. The second kappa shape index (κ2) is 8.00. The number of carbonyl (C=O) groups is 1. The van der Waals surface area contributed by atoms with Crippen LogP contribution in [-0.2, 0) is 17.6 Å². The van der Waals surface area contributed by atoms with E-state index >= 15 is 0 Å². The minimum atomic E-state index is 0.0182. The highest BCUT2D eigenvalue weighted by Crippen LogP contribution is 2.17. The number of benzene rings is 2. The average Bonchev–Trinajstić information content (AvgIpc) is 2.54. The molecule has 0 aliphatic rings. The molecule has 0 aliphatic carbocycles. The summed E-state index contributed by atoms with van der Waals surface area (Å²) >= 11 is 6.11. The van der Waals surface area contributed by atoms with Crippen molar-refractivity contribution < 1.29 is 4.79 Å². The van der Waals surface area contributed by atoms with Crippen LogP contribution in [0.1, 0.15) is 43.0 Å². The lowest BCUT2D eigenvalue weighted by Crippen LogP contribution is -2.26. The maximum atomic E-state index is 12.1. The largest absolute Gasteiger partial charge is 0.350 e. The third-order valence-corrected chi connectivity index (χ3v) is 4.21. The molecular weight excluding hydrogens is 294 g/mol. The van der Waals surface area contributed by atoms with E-state index in [9.17, 15) is 4.79 Å². The van der Waals surface area contributed by atoms with Crippen LogP contribution in [0, 0.1) is 0 Å². The Morgan fingerprint density at radius 2 is 1.82 bits per heavy atom. The predicted molar refractivity (Wildman–Crippen MR) is 92.2 cm³/mol. The summed E-state index contributed by atoms with van der Waals surface area (Å²) in [4.78, 5) is 12.1.